The van der Waals surface area contributed by atoms with Crippen LogP contribution in [0.5, 0.6) is 17.2 Å². The zero-order chi connectivity index (χ0) is 19.2. The van der Waals surface area contributed by atoms with E-state index in [1.807, 2.05) is 30.3 Å². The first-order valence-electron chi connectivity index (χ1n) is 8.16. The lowest BCUT2D eigenvalue weighted by Gasteiger charge is -2.06. The van der Waals surface area contributed by atoms with Crippen molar-refractivity contribution in [1.82, 2.24) is 5.43 Å². The summed E-state index contributed by atoms with van der Waals surface area (Å²) in [6.07, 6.45) is 1.31. The van der Waals surface area contributed by atoms with Crippen molar-refractivity contribution in [2.75, 3.05) is 7.11 Å². The largest absolute Gasteiger partial charge is 0.508 e. The van der Waals surface area contributed by atoms with Gasteiger partial charge in [-0.3, -0.25) is 4.79 Å². The summed E-state index contributed by atoms with van der Waals surface area (Å²) in [5, 5.41) is 22.8. The minimum absolute atomic E-state index is 0.0518. The van der Waals surface area contributed by atoms with Gasteiger partial charge in [0.15, 0.2) is 0 Å². The van der Waals surface area contributed by atoms with Gasteiger partial charge in [-0.25, -0.2) is 5.43 Å². The third-order valence-electron chi connectivity index (χ3n) is 3.93. The Kier molecular flexibility index (Phi) is 5.37. The number of amides is 1. The summed E-state index contributed by atoms with van der Waals surface area (Å²) in [5.74, 6) is 0.206. The van der Waals surface area contributed by atoms with Crippen LogP contribution < -0.4 is 10.2 Å². The van der Waals surface area contributed by atoms with E-state index in [1.165, 1.54) is 24.4 Å². The van der Waals surface area contributed by atoms with Gasteiger partial charge in [0.1, 0.15) is 17.2 Å². The second-order valence-electron chi connectivity index (χ2n) is 5.75. The van der Waals surface area contributed by atoms with E-state index in [9.17, 15) is 15.0 Å². The van der Waals surface area contributed by atoms with E-state index < -0.39 is 0 Å². The number of phenolic OH excluding ortho intramolecular Hbond substituents is 2. The van der Waals surface area contributed by atoms with Crippen molar-refractivity contribution >= 4 is 12.1 Å². The molecule has 0 aliphatic rings. The maximum atomic E-state index is 12.3. The van der Waals surface area contributed by atoms with E-state index in [1.54, 1.807) is 25.3 Å². The molecule has 3 N–H and O–H groups in total. The summed E-state index contributed by atoms with van der Waals surface area (Å²) in [6.45, 7) is 0. The van der Waals surface area contributed by atoms with E-state index in [0.717, 1.165) is 16.9 Å². The molecule has 0 unspecified atom stereocenters. The molecule has 0 saturated heterocycles. The second kappa shape index (κ2) is 8.05. The molecule has 6 nitrogen and oxygen atoms in total. The molecule has 0 radical (unpaired) electrons. The van der Waals surface area contributed by atoms with Crippen molar-refractivity contribution in [1.29, 1.82) is 0 Å². The van der Waals surface area contributed by atoms with Gasteiger partial charge in [-0.05, 0) is 47.5 Å². The number of aromatic hydroxyl groups is 2. The summed E-state index contributed by atoms with van der Waals surface area (Å²) >= 11 is 0. The topological polar surface area (TPSA) is 91.2 Å². The lowest BCUT2D eigenvalue weighted by molar-refractivity contribution is 0.0955. The SMILES string of the molecule is COc1ccc(-c2cccc(C(=O)N/N=C/c3ccc(O)cc3O)c2)cc1. The van der Waals surface area contributed by atoms with Gasteiger partial charge in [0.2, 0.25) is 0 Å². The Hall–Kier alpha value is -3.80. The lowest BCUT2D eigenvalue weighted by Crippen LogP contribution is -2.17. The third kappa shape index (κ3) is 4.43. The Morgan fingerprint density at radius 3 is 2.48 bits per heavy atom. The maximum absolute atomic E-state index is 12.3. The van der Waals surface area contributed by atoms with Crippen LogP contribution in [0.4, 0.5) is 0 Å². The molecule has 0 fully saturated rings. The van der Waals surface area contributed by atoms with E-state index in [2.05, 4.69) is 10.5 Å². The maximum Gasteiger partial charge on any atom is 0.271 e. The molecule has 0 aromatic heterocycles. The number of benzene rings is 3. The van der Waals surface area contributed by atoms with Gasteiger partial charge < -0.3 is 14.9 Å². The number of nitrogens with zero attached hydrogens (tertiary/aromatic N) is 1. The van der Waals surface area contributed by atoms with E-state index in [0.29, 0.717) is 11.1 Å². The lowest BCUT2D eigenvalue weighted by atomic mass is 10.0. The summed E-state index contributed by atoms with van der Waals surface area (Å²) in [7, 11) is 1.61. The minimum atomic E-state index is -0.375. The number of phenols is 2. The molecule has 0 atom stereocenters. The summed E-state index contributed by atoms with van der Waals surface area (Å²) in [4.78, 5) is 12.3. The van der Waals surface area contributed by atoms with E-state index in [-0.39, 0.29) is 17.4 Å². The van der Waals surface area contributed by atoms with Crippen LogP contribution in [-0.2, 0) is 0 Å². The van der Waals surface area contributed by atoms with Gasteiger partial charge in [-0.1, -0.05) is 24.3 Å². The molecule has 27 heavy (non-hydrogen) atoms. The van der Waals surface area contributed by atoms with Crippen molar-refractivity contribution in [3.05, 3.63) is 77.9 Å². The first-order chi connectivity index (χ1) is 13.1. The Labute approximate surface area is 156 Å². The standard InChI is InChI=1S/C21H18N2O4/c1-27-19-9-6-14(7-10-19)15-3-2-4-16(11-15)21(26)23-22-13-17-5-8-18(24)12-20(17)25/h2-13,24-25H,1H3,(H,23,26)/b22-13+. The number of nitrogens with one attached hydrogen (secondary N) is 1. The fourth-order valence-electron chi connectivity index (χ4n) is 2.49. The third-order valence-corrected chi connectivity index (χ3v) is 3.93. The molecule has 3 aromatic rings. The smallest absolute Gasteiger partial charge is 0.271 e. The molecule has 0 aliphatic heterocycles. The highest BCUT2D eigenvalue weighted by atomic mass is 16.5. The van der Waals surface area contributed by atoms with Crippen LogP contribution in [0.2, 0.25) is 0 Å². The molecule has 0 aliphatic carbocycles. The number of rotatable bonds is 5. The Morgan fingerprint density at radius 2 is 1.78 bits per heavy atom. The van der Waals surface area contributed by atoms with E-state index >= 15 is 0 Å². The molecular weight excluding hydrogens is 344 g/mol. The highest BCUT2D eigenvalue weighted by Gasteiger charge is 2.07. The quantitative estimate of drug-likeness (QED) is 0.478. The van der Waals surface area contributed by atoms with Crippen LogP contribution in [0.3, 0.4) is 0 Å². The van der Waals surface area contributed by atoms with Crippen LogP contribution in [0.15, 0.2) is 71.8 Å². The van der Waals surface area contributed by atoms with Crippen LogP contribution in [0, 0.1) is 0 Å². The number of hydrogen-bond acceptors (Lipinski definition) is 5. The number of hydrazone groups is 1. The zero-order valence-corrected chi connectivity index (χ0v) is 14.6. The van der Waals surface area contributed by atoms with Crippen LogP contribution >= 0.6 is 0 Å². The first kappa shape index (κ1) is 18.0. The average molecular weight is 362 g/mol. The zero-order valence-electron chi connectivity index (χ0n) is 14.6. The van der Waals surface area contributed by atoms with E-state index in [4.69, 9.17) is 4.74 Å². The van der Waals surface area contributed by atoms with Crippen molar-refractivity contribution in [3.8, 4) is 28.4 Å². The number of methoxy groups -OCH3 is 1. The van der Waals surface area contributed by atoms with Gasteiger partial charge in [0, 0.05) is 17.2 Å². The van der Waals surface area contributed by atoms with Gasteiger partial charge >= 0.3 is 0 Å². The molecular formula is C21H18N2O4. The molecule has 3 aromatic carbocycles. The second-order valence-corrected chi connectivity index (χ2v) is 5.75. The number of hydrogen-bond donors (Lipinski definition) is 3. The molecule has 1 amide bonds. The van der Waals surface area contributed by atoms with Crippen molar-refractivity contribution in [2.24, 2.45) is 5.10 Å². The van der Waals surface area contributed by atoms with Gasteiger partial charge in [-0.15, -0.1) is 0 Å². The Morgan fingerprint density at radius 1 is 1.00 bits per heavy atom. The number of ether oxygens (including phenoxy) is 1. The molecule has 3 rings (SSSR count). The highest BCUT2D eigenvalue weighted by Crippen LogP contribution is 2.23. The van der Waals surface area contributed by atoms with Crippen molar-refractivity contribution < 1.29 is 19.7 Å². The molecule has 0 spiro atoms. The molecule has 0 saturated carbocycles. The van der Waals surface area contributed by atoms with Crippen LogP contribution in [0.1, 0.15) is 15.9 Å². The van der Waals surface area contributed by atoms with Gasteiger partial charge in [0.05, 0.1) is 13.3 Å². The molecule has 0 heterocycles. The average Bonchev–Trinajstić information content (AvgIpc) is 2.69. The normalized spacial score (nSPS) is 10.7. The van der Waals surface area contributed by atoms with Crippen LogP contribution in [0.25, 0.3) is 11.1 Å². The summed E-state index contributed by atoms with van der Waals surface area (Å²) in [6, 6.07) is 18.8. The van der Waals surface area contributed by atoms with Crippen molar-refractivity contribution in [2.45, 2.75) is 0 Å². The monoisotopic (exact) mass is 362 g/mol. The van der Waals surface area contributed by atoms with Gasteiger partial charge in [0.25, 0.3) is 5.91 Å². The predicted octanol–water partition coefficient (Wildman–Crippen LogP) is 3.54. The summed E-state index contributed by atoms with van der Waals surface area (Å²) < 4.78 is 5.15. The molecule has 6 heteroatoms. The Bertz CT molecular complexity index is 982. The Balaban J connectivity index is 1.72. The summed E-state index contributed by atoms with van der Waals surface area (Å²) in [5.41, 5.74) is 5.11. The molecule has 0 bridgehead atoms. The fourth-order valence-corrected chi connectivity index (χ4v) is 2.49. The fraction of sp³-hybridized carbons (Fsp3) is 0.0476. The highest BCUT2D eigenvalue weighted by molar-refractivity contribution is 5.96. The first-order valence-corrected chi connectivity index (χ1v) is 8.16. The van der Waals surface area contributed by atoms with Gasteiger partial charge in [-0.2, -0.15) is 5.10 Å². The number of carbonyl (C=O) groups excluding carboxylic acids is 1. The molecule has 136 valence electrons. The van der Waals surface area contributed by atoms with Crippen molar-refractivity contribution in [3.63, 3.8) is 0 Å². The predicted molar refractivity (Wildman–Crippen MR) is 103 cm³/mol. The number of carbonyl (C=O) groups is 1. The van der Waals surface area contributed by atoms with Crippen LogP contribution in [-0.4, -0.2) is 29.4 Å². The minimum Gasteiger partial charge on any atom is -0.508 e.